The van der Waals surface area contributed by atoms with Gasteiger partial charge in [-0.2, -0.15) is 0 Å². The molecule has 0 saturated heterocycles. The Balaban J connectivity index is 1.59. The lowest BCUT2D eigenvalue weighted by atomic mass is 9.54. The average Bonchev–Trinajstić information content (AvgIpc) is 2.76. The van der Waals surface area contributed by atoms with Crippen LogP contribution in [0, 0.1) is 30.6 Å². The fourth-order valence-electron chi connectivity index (χ4n) is 5.57. The molecule has 4 fully saturated rings. The third-order valence-corrected chi connectivity index (χ3v) is 6.10. The van der Waals surface area contributed by atoms with Gasteiger partial charge in [0.2, 0.25) is 0 Å². The van der Waals surface area contributed by atoms with Crippen LogP contribution >= 0.6 is 0 Å². The van der Waals surface area contributed by atoms with Crippen molar-refractivity contribution in [1.29, 1.82) is 0 Å². The standard InChI is InChI=1S/C17H27N3/c1-11-19-16(3-4-18-2)10-20(11)17-14-6-12-5-13(8-14)9-15(17)7-12/h10,12-15,17-18H,3-9H2,1-2H3. The first-order chi connectivity index (χ1) is 9.74. The zero-order valence-electron chi connectivity index (χ0n) is 12.8. The van der Waals surface area contributed by atoms with E-state index >= 15 is 0 Å². The van der Waals surface area contributed by atoms with Gasteiger partial charge < -0.3 is 9.88 Å². The molecular formula is C17H27N3. The Morgan fingerprint density at radius 3 is 2.40 bits per heavy atom. The van der Waals surface area contributed by atoms with Crippen LogP contribution in [0.25, 0.3) is 0 Å². The summed E-state index contributed by atoms with van der Waals surface area (Å²) in [5.41, 5.74) is 1.27. The van der Waals surface area contributed by atoms with Gasteiger partial charge in [-0.1, -0.05) is 0 Å². The molecule has 4 aliphatic carbocycles. The number of nitrogens with one attached hydrogen (secondary N) is 1. The predicted molar refractivity (Wildman–Crippen MR) is 80.7 cm³/mol. The van der Waals surface area contributed by atoms with E-state index in [9.17, 15) is 0 Å². The highest BCUT2D eigenvalue weighted by molar-refractivity contribution is 5.10. The molecule has 0 amide bonds. The molecule has 4 saturated carbocycles. The van der Waals surface area contributed by atoms with Crippen molar-refractivity contribution in [3.63, 3.8) is 0 Å². The summed E-state index contributed by atoms with van der Waals surface area (Å²) in [4.78, 5) is 4.80. The van der Waals surface area contributed by atoms with Crippen LogP contribution in [0.1, 0.15) is 49.7 Å². The highest BCUT2D eigenvalue weighted by Crippen LogP contribution is 2.58. The number of aryl methyl sites for hydroxylation is 1. The molecule has 0 aliphatic heterocycles. The van der Waals surface area contributed by atoms with Crippen LogP contribution in [0.3, 0.4) is 0 Å². The molecule has 0 spiro atoms. The Hall–Kier alpha value is -0.830. The molecule has 0 atom stereocenters. The van der Waals surface area contributed by atoms with E-state index in [0.29, 0.717) is 0 Å². The summed E-state index contributed by atoms with van der Waals surface area (Å²) in [6.07, 6.45) is 10.9. The van der Waals surface area contributed by atoms with E-state index < -0.39 is 0 Å². The summed E-state index contributed by atoms with van der Waals surface area (Å²) in [6, 6.07) is 0.763. The predicted octanol–water partition coefficient (Wildman–Crippen LogP) is 2.95. The summed E-state index contributed by atoms with van der Waals surface area (Å²) in [7, 11) is 2.02. The molecule has 5 rings (SSSR count). The number of nitrogens with zero attached hydrogens (tertiary/aromatic N) is 2. The maximum Gasteiger partial charge on any atom is 0.106 e. The van der Waals surface area contributed by atoms with Crippen molar-refractivity contribution in [2.24, 2.45) is 23.7 Å². The van der Waals surface area contributed by atoms with Crippen LogP contribution < -0.4 is 5.32 Å². The van der Waals surface area contributed by atoms with Gasteiger partial charge in [0.1, 0.15) is 5.82 Å². The zero-order valence-corrected chi connectivity index (χ0v) is 12.8. The Bertz CT molecular complexity index is 462. The van der Waals surface area contributed by atoms with Crippen molar-refractivity contribution >= 4 is 0 Å². The van der Waals surface area contributed by atoms with Crippen LogP contribution in [-0.4, -0.2) is 23.1 Å². The minimum Gasteiger partial charge on any atom is -0.331 e. The lowest BCUT2D eigenvalue weighted by Gasteiger charge is -2.54. The lowest BCUT2D eigenvalue weighted by Crippen LogP contribution is -2.46. The van der Waals surface area contributed by atoms with Gasteiger partial charge in [0.15, 0.2) is 0 Å². The quantitative estimate of drug-likeness (QED) is 0.914. The number of likely N-dealkylation sites (N-methyl/N-ethyl adjacent to an activating group) is 1. The number of rotatable bonds is 4. The van der Waals surface area contributed by atoms with Crippen molar-refractivity contribution in [3.05, 3.63) is 17.7 Å². The largest absolute Gasteiger partial charge is 0.331 e. The first-order valence-corrected chi connectivity index (χ1v) is 8.43. The molecule has 1 aromatic rings. The van der Waals surface area contributed by atoms with Gasteiger partial charge in [0.05, 0.1) is 5.69 Å². The van der Waals surface area contributed by atoms with Gasteiger partial charge >= 0.3 is 0 Å². The summed E-state index contributed by atoms with van der Waals surface area (Å²) in [5.74, 6) is 5.24. The molecule has 3 nitrogen and oxygen atoms in total. The van der Waals surface area contributed by atoms with E-state index in [2.05, 4.69) is 23.0 Å². The Labute approximate surface area is 122 Å². The highest BCUT2D eigenvalue weighted by atomic mass is 15.1. The summed E-state index contributed by atoms with van der Waals surface area (Å²) < 4.78 is 2.55. The fourth-order valence-corrected chi connectivity index (χ4v) is 5.57. The molecule has 0 radical (unpaired) electrons. The van der Waals surface area contributed by atoms with E-state index in [1.165, 1.54) is 43.6 Å². The molecule has 110 valence electrons. The second-order valence-corrected chi connectivity index (χ2v) is 7.46. The van der Waals surface area contributed by atoms with E-state index in [0.717, 1.165) is 42.7 Å². The summed E-state index contributed by atoms with van der Waals surface area (Å²) >= 11 is 0. The highest BCUT2D eigenvalue weighted by Gasteiger charge is 2.49. The van der Waals surface area contributed by atoms with Crippen molar-refractivity contribution < 1.29 is 0 Å². The summed E-state index contributed by atoms with van der Waals surface area (Å²) in [6.45, 7) is 3.23. The SMILES string of the molecule is CNCCc1cn(C2C3CC4CC(C3)CC2C4)c(C)n1. The van der Waals surface area contributed by atoms with E-state index in [1.807, 2.05) is 7.05 Å². The molecule has 0 aromatic carbocycles. The molecule has 1 aromatic heterocycles. The van der Waals surface area contributed by atoms with Gasteiger partial charge in [-0.05, 0) is 69.7 Å². The van der Waals surface area contributed by atoms with Gasteiger partial charge in [-0.3, -0.25) is 0 Å². The minimum atomic E-state index is 0.763. The van der Waals surface area contributed by atoms with E-state index in [1.54, 1.807) is 0 Å². The van der Waals surface area contributed by atoms with Gasteiger partial charge in [-0.25, -0.2) is 4.98 Å². The molecule has 1 heterocycles. The number of hydrogen-bond acceptors (Lipinski definition) is 2. The Morgan fingerprint density at radius 1 is 1.15 bits per heavy atom. The molecule has 4 aliphatic rings. The van der Waals surface area contributed by atoms with Crippen molar-refractivity contribution in [3.8, 4) is 0 Å². The number of aromatic nitrogens is 2. The smallest absolute Gasteiger partial charge is 0.106 e. The Morgan fingerprint density at radius 2 is 1.80 bits per heavy atom. The van der Waals surface area contributed by atoms with Gasteiger partial charge in [-0.15, -0.1) is 0 Å². The van der Waals surface area contributed by atoms with Crippen LogP contribution in [0.4, 0.5) is 0 Å². The fraction of sp³-hybridized carbons (Fsp3) is 0.824. The topological polar surface area (TPSA) is 29.9 Å². The van der Waals surface area contributed by atoms with Crippen LogP contribution in [0.15, 0.2) is 6.20 Å². The molecule has 20 heavy (non-hydrogen) atoms. The van der Waals surface area contributed by atoms with Gasteiger partial charge in [0, 0.05) is 25.2 Å². The third-order valence-electron chi connectivity index (χ3n) is 6.10. The lowest BCUT2D eigenvalue weighted by molar-refractivity contribution is -0.0298. The Kier molecular flexibility index (Phi) is 3.13. The van der Waals surface area contributed by atoms with Crippen molar-refractivity contribution in [2.45, 2.75) is 51.5 Å². The first kappa shape index (κ1) is 12.9. The molecule has 3 heteroatoms. The van der Waals surface area contributed by atoms with Crippen molar-refractivity contribution in [2.75, 3.05) is 13.6 Å². The molecule has 4 bridgehead atoms. The number of hydrogen-bond donors (Lipinski definition) is 1. The van der Waals surface area contributed by atoms with Crippen LogP contribution in [0.5, 0.6) is 0 Å². The monoisotopic (exact) mass is 273 g/mol. The van der Waals surface area contributed by atoms with E-state index in [-0.39, 0.29) is 0 Å². The third kappa shape index (κ3) is 2.02. The molecule has 1 N–H and O–H groups in total. The first-order valence-electron chi connectivity index (χ1n) is 8.43. The second kappa shape index (κ2) is 4.87. The number of imidazole rings is 1. The van der Waals surface area contributed by atoms with Crippen LogP contribution in [-0.2, 0) is 6.42 Å². The average molecular weight is 273 g/mol. The normalized spacial score (nSPS) is 38.6. The van der Waals surface area contributed by atoms with Crippen molar-refractivity contribution in [1.82, 2.24) is 14.9 Å². The van der Waals surface area contributed by atoms with Crippen LogP contribution in [0.2, 0.25) is 0 Å². The minimum absolute atomic E-state index is 0.763. The zero-order chi connectivity index (χ0) is 13.7. The molecule has 0 unspecified atom stereocenters. The van der Waals surface area contributed by atoms with E-state index in [4.69, 9.17) is 4.98 Å². The maximum absolute atomic E-state index is 4.80. The molecular weight excluding hydrogens is 246 g/mol. The van der Waals surface area contributed by atoms with Gasteiger partial charge in [0.25, 0.3) is 0 Å². The maximum atomic E-state index is 4.80. The summed E-state index contributed by atoms with van der Waals surface area (Å²) in [5, 5.41) is 3.23. The second-order valence-electron chi connectivity index (χ2n) is 7.46.